The van der Waals surface area contributed by atoms with E-state index in [1.165, 1.54) is 12.1 Å². The van der Waals surface area contributed by atoms with E-state index in [0.29, 0.717) is 0 Å². The molecule has 112 valence electrons. The van der Waals surface area contributed by atoms with E-state index in [1.54, 1.807) is 0 Å². The molecule has 0 fully saturated rings. The highest BCUT2D eigenvalue weighted by atomic mass is 19.4. The van der Waals surface area contributed by atoms with Crippen molar-refractivity contribution in [2.75, 3.05) is 6.54 Å². The van der Waals surface area contributed by atoms with Gasteiger partial charge in [0.2, 0.25) is 5.91 Å². The summed E-state index contributed by atoms with van der Waals surface area (Å²) in [6, 6.07) is 3.18. The number of rotatable bonds is 6. The molecule has 1 amide bonds. The number of nitrogens with two attached hydrogens (primary N) is 1. The molecular formula is C11H11F5N2O2. The minimum atomic E-state index is -4.51. The monoisotopic (exact) mass is 298 g/mol. The molecule has 0 bridgehead atoms. The number of nitrogens with one attached hydrogen (secondary N) is 1. The number of carbonyl (C=O) groups excluding carboxylic acids is 1. The lowest BCUT2D eigenvalue weighted by molar-refractivity contribution is -0.130. The van der Waals surface area contributed by atoms with Gasteiger partial charge < -0.3 is 10.5 Å². The Morgan fingerprint density at radius 1 is 1.25 bits per heavy atom. The second-order valence-electron chi connectivity index (χ2n) is 3.78. The zero-order valence-electron chi connectivity index (χ0n) is 9.95. The molecule has 1 atom stereocenters. The van der Waals surface area contributed by atoms with Gasteiger partial charge in [-0.15, -0.1) is 0 Å². The zero-order chi connectivity index (χ0) is 15.3. The lowest BCUT2D eigenvalue weighted by Gasteiger charge is -2.17. The zero-order valence-corrected chi connectivity index (χ0v) is 9.95. The molecule has 1 aromatic carbocycles. The van der Waals surface area contributed by atoms with Crippen molar-refractivity contribution in [3.05, 3.63) is 29.8 Å². The summed E-state index contributed by atoms with van der Waals surface area (Å²) in [4.78, 5) is 11.1. The molecule has 0 saturated heterocycles. The van der Waals surface area contributed by atoms with E-state index < -0.39 is 31.3 Å². The van der Waals surface area contributed by atoms with Crippen LogP contribution in [0.1, 0.15) is 11.6 Å². The first-order valence-corrected chi connectivity index (χ1v) is 5.33. The fraction of sp³-hybridized carbons (Fsp3) is 0.364. The molecule has 3 N–H and O–H groups in total. The Labute approximate surface area is 110 Å². The van der Waals surface area contributed by atoms with E-state index in [2.05, 4.69) is 4.74 Å². The third-order valence-corrected chi connectivity index (χ3v) is 2.23. The molecule has 0 aliphatic carbocycles. The van der Waals surface area contributed by atoms with Gasteiger partial charge in [0.25, 0.3) is 0 Å². The number of halogens is 5. The summed E-state index contributed by atoms with van der Waals surface area (Å²) in [5.41, 5.74) is 5.11. The predicted molar refractivity (Wildman–Crippen MR) is 59.1 cm³/mol. The van der Waals surface area contributed by atoms with Crippen LogP contribution in [-0.2, 0) is 4.79 Å². The summed E-state index contributed by atoms with van der Waals surface area (Å²) in [5, 5.41) is 1.95. The Morgan fingerprint density at radius 2 is 1.80 bits per heavy atom. The Kier molecular flexibility index (Phi) is 5.26. The third-order valence-electron chi connectivity index (χ3n) is 2.23. The van der Waals surface area contributed by atoms with Gasteiger partial charge in [-0.2, -0.15) is 22.0 Å². The minimum Gasteiger partial charge on any atom is -0.435 e. The maximum absolute atomic E-state index is 12.1. The number of amides is 1. The van der Waals surface area contributed by atoms with Crippen molar-refractivity contribution >= 4 is 5.91 Å². The number of ether oxygens (including phenoxy) is 1. The summed E-state index contributed by atoms with van der Waals surface area (Å²) in [6.07, 6.45) is -4.51. The first kappa shape index (κ1) is 16.2. The molecule has 0 aromatic heterocycles. The summed E-state index contributed by atoms with van der Waals surface area (Å²) in [7, 11) is 0. The van der Waals surface area contributed by atoms with Gasteiger partial charge in [0.1, 0.15) is 11.8 Å². The SMILES string of the molecule is NC(=O)C(NCC(F)(F)F)c1ccc(OC(F)F)cc1. The lowest BCUT2D eigenvalue weighted by Crippen LogP contribution is -2.38. The fourth-order valence-corrected chi connectivity index (χ4v) is 1.44. The Hall–Kier alpha value is -1.90. The minimum absolute atomic E-state index is 0.114. The number of primary amides is 1. The van der Waals surface area contributed by atoms with Crippen LogP contribution in [0, 0.1) is 0 Å². The van der Waals surface area contributed by atoms with Gasteiger partial charge in [-0.1, -0.05) is 12.1 Å². The van der Waals surface area contributed by atoms with Crippen molar-refractivity contribution in [1.82, 2.24) is 5.32 Å². The van der Waals surface area contributed by atoms with Crippen molar-refractivity contribution in [3.8, 4) is 5.75 Å². The molecule has 4 nitrogen and oxygen atoms in total. The van der Waals surface area contributed by atoms with E-state index in [0.717, 1.165) is 12.1 Å². The molecule has 0 spiro atoms. The van der Waals surface area contributed by atoms with E-state index in [-0.39, 0.29) is 11.3 Å². The molecule has 20 heavy (non-hydrogen) atoms. The molecule has 1 rings (SSSR count). The standard InChI is InChI=1S/C11H11F5N2O2/c12-10(13)20-7-3-1-6(2-4-7)8(9(17)19)18-5-11(14,15)16/h1-4,8,10,18H,5H2,(H2,17,19). The molecule has 0 aliphatic heterocycles. The van der Waals surface area contributed by atoms with E-state index in [9.17, 15) is 26.7 Å². The molecule has 1 unspecified atom stereocenters. The summed E-state index contributed by atoms with van der Waals surface area (Å²) in [5.74, 6) is -1.19. The molecular weight excluding hydrogens is 287 g/mol. The first-order chi connectivity index (χ1) is 9.19. The largest absolute Gasteiger partial charge is 0.435 e. The Bertz CT molecular complexity index is 447. The molecule has 0 heterocycles. The van der Waals surface area contributed by atoms with Crippen LogP contribution in [0.5, 0.6) is 5.75 Å². The third kappa shape index (κ3) is 5.39. The van der Waals surface area contributed by atoms with Crippen LogP contribution in [0.15, 0.2) is 24.3 Å². The quantitative estimate of drug-likeness (QED) is 0.789. The van der Waals surface area contributed by atoms with Crippen LogP contribution < -0.4 is 15.8 Å². The van der Waals surface area contributed by atoms with Gasteiger partial charge in [0.15, 0.2) is 0 Å². The van der Waals surface area contributed by atoms with Crippen LogP contribution in [0.25, 0.3) is 0 Å². The number of hydrogen-bond acceptors (Lipinski definition) is 3. The number of carbonyl (C=O) groups is 1. The van der Waals surface area contributed by atoms with Crippen LogP contribution >= 0.6 is 0 Å². The highest BCUT2D eigenvalue weighted by molar-refractivity contribution is 5.81. The van der Waals surface area contributed by atoms with Crippen LogP contribution in [-0.4, -0.2) is 25.2 Å². The second-order valence-corrected chi connectivity index (χ2v) is 3.78. The topological polar surface area (TPSA) is 64.4 Å². The van der Waals surface area contributed by atoms with Gasteiger partial charge in [0, 0.05) is 0 Å². The average Bonchev–Trinajstić information content (AvgIpc) is 2.28. The summed E-state index contributed by atoms with van der Waals surface area (Å²) >= 11 is 0. The maximum Gasteiger partial charge on any atom is 0.401 e. The van der Waals surface area contributed by atoms with Crippen molar-refractivity contribution in [2.45, 2.75) is 18.8 Å². The number of alkyl halides is 5. The maximum atomic E-state index is 12.1. The Morgan fingerprint density at radius 3 is 2.20 bits per heavy atom. The van der Waals surface area contributed by atoms with Crippen LogP contribution in [0.4, 0.5) is 22.0 Å². The van der Waals surface area contributed by atoms with Gasteiger partial charge in [0.05, 0.1) is 6.54 Å². The van der Waals surface area contributed by atoms with E-state index in [4.69, 9.17) is 5.73 Å². The second kappa shape index (κ2) is 6.51. The summed E-state index contributed by atoms with van der Waals surface area (Å²) in [6.45, 7) is -4.42. The van der Waals surface area contributed by atoms with Crippen molar-refractivity contribution in [1.29, 1.82) is 0 Å². The van der Waals surface area contributed by atoms with Gasteiger partial charge in [-0.3, -0.25) is 10.1 Å². The van der Waals surface area contributed by atoms with Gasteiger partial charge in [-0.25, -0.2) is 0 Å². The molecule has 9 heteroatoms. The highest BCUT2D eigenvalue weighted by Gasteiger charge is 2.30. The van der Waals surface area contributed by atoms with E-state index in [1.807, 2.05) is 5.32 Å². The number of benzene rings is 1. The van der Waals surface area contributed by atoms with Gasteiger partial charge in [-0.05, 0) is 17.7 Å². The van der Waals surface area contributed by atoms with Gasteiger partial charge >= 0.3 is 12.8 Å². The average molecular weight is 298 g/mol. The predicted octanol–water partition coefficient (Wildman–Crippen LogP) is 1.97. The van der Waals surface area contributed by atoms with Crippen LogP contribution in [0.2, 0.25) is 0 Å². The smallest absolute Gasteiger partial charge is 0.401 e. The fourth-order valence-electron chi connectivity index (χ4n) is 1.44. The highest BCUT2D eigenvalue weighted by Crippen LogP contribution is 2.21. The molecule has 0 aliphatic rings. The Balaban J connectivity index is 2.79. The number of hydrogen-bond donors (Lipinski definition) is 2. The van der Waals surface area contributed by atoms with Crippen LogP contribution in [0.3, 0.4) is 0 Å². The van der Waals surface area contributed by atoms with E-state index >= 15 is 0 Å². The molecule has 0 radical (unpaired) electrons. The molecule has 0 saturated carbocycles. The summed E-state index contributed by atoms with van der Waals surface area (Å²) < 4.78 is 64.2. The normalized spacial score (nSPS) is 13.3. The van der Waals surface area contributed by atoms with Crippen molar-refractivity contribution < 1.29 is 31.5 Å². The van der Waals surface area contributed by atoms with Crippen molar-refractivity contribution in [2.24, 2.45) is 5.73 Å². The van der Waals surface area contributed by atoms with Crippen molar-refractivity contribution in [3.63, 3.8) is 0 Å². The first-order valence-electron chi connectivity index (χ1n) is 5.33. The molecule has 1 aromatic rings. The lowest BCUT2D eigenvalue weighted by atomic mass is 10.1.